The summed E-state index contributed by atoms with van der Waals surface area (Å²) in [4.78, 5) is 22.2. The second-order valence-corrected chi connectivity index (χ2v) is 6.81. The Bertz CT molecular complexity index is 777. The first-order chi connectivity index (χ1) is 12.7. The smallest absolute Gasteiger partial charge is 0.257 e. The van der Waals surface area contributed by atoms with Gasteiger partial charge in [-0.3, -0.25) is 9.78 Å². The Morgan fingerprint density at radius 2 is 2.27 bits per heavy atom. The van der Waals surface area contributed by atoms with Gasteiger partial charge in [-0.05, 0) is 31.7 Å². The van der Waals surface area contributed by atoms with Crippen molar-refractivity contribution < 1.29 is 18.4 Å². The molecule has 2 fully saturated rings. The highest BCUT2D eigenvalue weighted by atomic mass is 19.1. The van der Waals surface area contributed by atoms with Crippen LogP contribution in [0.15, 0.2) is 23.0 Å². The molecule has 0 bridgehead atoms. The zero-order valence-electron chi connectivity index (χ0n) is 14.4. The van der Waals surface area contributed by atoms with Crippen molar-refractivity contribution in [3.8, 4) is 0 Å². The number of amides is 1. The summed E-state index contributed by atoms with van der Waals surface area (Å²) in [7, 11) is 0. The largest absolute Gasteiger partial charge is 0.376 e. The number of aromatic nitrogens is 3. The maximum absolute atomic E-state index is 13.8. The third-order valence-corrected chi connectivity index (χ3v) is 4.76. The molecule has 1 atom stereocenters. The van der Waals surface area contributed by atoms with Gasteiger partial charge in [0.05, 0.1) is 24.5 Å². The normalized spacial score (nSPS) is 20.3. The van der Waals surface area contributed by atoms with Crippen molar-refractivity contribution in [2.75, 3.05) is 19.7 Å². The van der Waals surface area contributed by atoms with Crippen LogP contribution in [0.25, 0.3) is 0 Å². The summed E-state index contributed by atoms with van der Waals surface area (Å²) in [6.45, 7) is 1.54. The van der Waals surface area contributed by atoms with Crippen LogP contribution in [0.3, 0.4) is 0 Å². The average Bonchev–Trinajstić information content (AvgIpc) is 3.41. The molecule has 0 spiro atoms. The van der Waals surface area contributed by atoms with E-state index in [2.05, 4.69) is 15.1 Å². The van der Waals surface area contributed by atoms with Gasteiger partial charge in [0.15, 0.2) is 11.6 Å². The van der Waals surface area contributed by atoms with E-state index in [0.717, 1.165) is 37.8 Å². The predicted molar refractivity (Wildman–Crippen MR) is 89.0 cm³/mol. The minimum Gasteiger partial charge on any atom is -0.376 e. The Morgan fingerprint density at radius 3 is 3.08 bits per heavy atom. The van der Waals surface area contributed by atoms with Crippen LogP contribution in [0.2, 0.25) is 0 Å². The third-order valence-electron chi connectivity index (χ3n) is 4.76. The molecular weight excluding hydrogens is 339 g/mol. The number of carbonyl (C=O) groups excluding carboxylic acids is 1. The number of carbonyl (C=O) groups is 1. The van der Waals surface area contributed by atoms with Crippen LogP contribution >= 0.6 is 0 Å². The molecule has 1 saturated carbocycles. The molecular formula is C18H21FN4O3. The van der Waals surface area contributed by atoms with Crippen molar-refractivity contribution in [1.29, 1.82) is 0 Å². The number of likely N-dealkylation sites (tertiary alicyclic amines) is 1. The van der Waals surface area contributed by atoms with E-state index in [1.54, 1.807) is 4.90 Å². The Balaban J connectivity index is 1.27. The van der Waals surface area contributed by atoms with Gasteiger partial charge >= 0.3 is 0 Å². The van der Waals surface area contributed by atoms with Crippen LogP contribution in [0.1, 0.15) is 53.7 Å². The second kappa shape index (κ2) is 7.49. The molecule has 26 heavy (non-hydrogen) atoms. The molecule has 1 saturated heterocycles. The lowest BCUT2D eigenvalue weighted by Gasteiger charge is -2.32. The molecule has 0 radical (unpaired) electrons. The fourth-order valence-electron chi connectivity index (χ4n) is 3.16. The lowest BCUT2D eigenvalue weighted by Crippen LogP contribution is -2.43. The topological polar surface area (TPSA) is 81.4 Å². The monoisotopic (exact) mass is 360 g/mol. The van der Waals surface area contributed by atoms with Gasteiger partial charge in [-0.15, -0.1) is 0 Å². The number of rotatable bonds is 6. The summed E-state index contributed by atoms with van der Waals surface area (Å²) in [5, 5.41) is 3.97. The molecule has 1 unspecified atom stereocenters. The van der Waals surface area contributed by atoms with E-state index in [1.807, 2.05) is 0 Å². The number of halogens is 1. The molecule has 0 N–H and O–H groups in total. The molecule has 1 aliphatic carbocycles. The van der Waals surface area contributed by atoms with Crippen LogP contribution in [-0.4, -0.2) is 51.7 Å². The summed E-state index contributed by atoms with van der Waals surface area (Å²) in [5.41, 5.74) is 0.0556. The standard InChI is InChI=1S/C18H21FN4O3/c19-15-10-20-7-5-14(15)18(24)23-8-1-2-13(11-23)25-9-6-16-21-17(26-22-16)12-3-4-12/h5,7,10,12-13H,1-4,6,8-9,11H2. The highest BCUT2D eigenvalue weighted by molar-refractivity contribution is 5.94. The lowest BCUT2D eigenvalue weighted by molar-refractivity contribution is 0.00236. The highest BCUT2D eigenvalue weighted by Crippen LogP contribution is 2.38. The SMILES string of the molecule is O=C(c1ccncc1F)N1CCCC(OCCc2noc(C3CC3)n2)C1. The lowest BCUT2D eigenvalue weighted by atomic mass is 10.1. The molecule has 2 aromatic heterocycles. The van der Waals surface area contributed by atoms with E-state index in [4.69, 9.17) is 9.26 Å². The Morgan fingerprint density at radius 1 is 1.38 bits per heavy atom. The van der Waals surface area contributed by atoms with Crippen molar-refractivity contribution in [1.82, 2.24) is 20.0 Å². The molecule has 7 nitrogen and oxygen atoms in total. The van der Waals surface area contributed by atoms with Gasteiger partial charge in [-0.2, -0.15) is 4.98 Å². The van der Waals surface area contributed by atoms with Gasteiger partial charge in [0.2, 0.25) is 5.89 Å². The van der Waals surface area contributed by atoms with Crippen LogP contribution < -0.4 is 0 Å². The summed E-state index contributed by atoms with van der Waals surface area (Å²) >= 11 is 0. The Kier molecular flexibility index (Phi) is 4.92. The summed E-state index contributed by atoms with van der Waals surface area (Å²) in [5.74, 6) is 0.932. The number of pyridine rings is 1. The van der Waals surface area contributed by atoms with E-state index in [1.165, 1.54) is 12.3 Å². The molecule has 2 aromatic rings. The average molecular weight is 360 g/mol. The first kappa shape index (κ1) is 17.1. The Hall–Kier alpha value is -2.35. The quantitative estimate of drug-likeness (QED) is 0.786. The van der Waals surface area contributed by atoms with E-state index in [9.17, 15) is 9.18 Å². The predicted octanol–water partition coefficient (Wildman–Crippen LogP) is 2.35. The number of piperidine rings is 1. The fraction of sp³-hybridized carbons (Fsp3) is 0.556. The molecule has 0 aromatic carbocycles. The minimum absolute atomic E-state index is 0.0556. The Labute approximate surface area is 150 Å². The number of nitrogens with zero attached hydrogens (tertiary/aromatic N) is 4. The van der Waals surface area contributed by atoms with Gasteiger partial charge in [0.25, 0.3) is 5.91 Å². The van der Waals surface area contributed by atoms with Gasteiger partial charge in [-0.25, -0.2) is 4.39 Å². The zero-order chi connectivity index (χ0) is 17.9. The molecule has 4 rings (SSSR count). The highest BCUT2D eigenvalue weighted by Gasteiger charge is 2.30. The first-order valence-electron chi connectivity index (χ1n) is 9.03. The third kappa shape index (κ3) is 3.90. The summed E-state index contributed by atoms with van der Waals surface area (Å²) in [6.07, 6.45) is 6.97. The van der Waals surface area contributed by atoms with E-state index in [-0.39, 0.29) is 17.6 Å². The summed E-state index contributed by atoms with van der Waals surface area (Å²) < 4.78 is 24.9. The van der Waals surface area contributed by atoms with Crippen LogP contribution in [0.4, 0.5) is 4.39 Å². The van der Waals surface area contributed by atoms with E-state index >= 15 is 0 Å². The molecule has 138 valence electrons. The fourth-order valence-corrected chi connectivity index (χ4v) is 3.16. The van der Waals surface area contributed by atoms with Crippen molar-refractivity contribution in [2.24, 2.45) is 0 Å². The summed E-state index contributed by atoms with van der Waals surface area (Å²) in [6, 6.07) is 1.41. The minimum atomic E-state index is -0.593. The maximum atomic E-state index is 13.8. The molecule has 8 heteroatoms. The van der Waals surface area contributed by atoms with Crippen LogP contribution in [0, 0.1) is 5.82 Å². The molecule has 1 amide bonds. The first-order valence-corrected chi connectivity index (χ1v) is 9.03. The van der Waals surface area contributed by atoms with E-state index < -0.39 is 5.82 Å². The van der Waals surface area contributed by atoms with Crippen LogP contribution in [-0.2, 0) is 11.2 Å². The number of hydrogen-bond donors (Lipinski definition) is 0. The van der Waals surface area contributed by atoms with E-state index in [0.29, 0.717) is 37.9 Å². The number of hydrogen-bond acceptors (Lipinski definition) is 6. The zero-order valence-corrected chi connectivity index (χ0v) is 14.4. The van der Waals surface area contributed by atoms with Gasteiger partial charge < -0.3 is 14.2 Å². The van der Waals surface area contributed by atoms with Gasteiger partial charge in [0, 0.05) is 31.6 Å². The molecule has 3 heterocycles. The van der Waals surface area contributed by atoms with Crippen molar-refractivity contribution in [3.05, 3.63) is 41.6 Å². The number of ether oxygens (including phenoxy) is 1. The van der Waals surface area contributed by atoms with Crippen molar-refractivity contribution in [2.45, 2.75) is 44.1 Å². The van der Waals surface area contributed by atoms with Gasteiger partial charge in [-0.1, -0.05) is 5.16 Å². The van der Waals surface area contributed by atoms with Crippen molar-refractivity contribution in [3.63, 3.8) is 0 Å². The molecule has 1 aliphatic heterocycles. The van der Waals surface area contributed by atoms with Crippen molar-refractivity contribution >= 4 is 5.91 Å². The second-order valence-electron chi connectivity index (χ2n) is 6.81. The maximum Gasteiger partial charge on any atom is 0.257 e. The van der Waals surface area contributed by atoms with Gasteiger partial charge in [0.1, 0.15) is 0 Å². The van der Waals surface area contributed by atoms with Crippen LogP contribution in [0.5, 0.6) is 0 Å². The molecule has 2 aliphatic rings.